The first kappa shape index (κ1) is 31.8. The van der Waals surface area contributed by atoms with E-state index in [4.69, 9.17) is 14.2 Å². The molecule has 0 aliphatic carbocycles. The quantitative estimate of drug-likeness (QED) is 0.278. The van der Waals surface area contributed by atoms with E-state index in [0.717, 1.165) is 22.4 Å². The van der Waals surface area contributed by atoms with E-state index in [1.54, 1.807) is 18.7 Å². The van der Waals surface area contributed by atoms with Crippen LogP contribution in [0.5, 0.6) is 23.0 Å². The van der Waals surface area contributed by atoms with Gasteiger partial charge in [-0.15, -0.1) is 0 Å². The molecule has 7 rings (SSSR count). The predicted octanol–water partition coefficient (Wildman–Crippen LogP) is 5.72. The lowest BCUT2D eigenvalue weighted by Crippen LogP contribution is -2.41. The minimum atomic E-state index is -0.641. The first-order chi connectivity index (χ1) is 22.6. The van der Waals surface area contributed by atoms with E-state index in [9.17, 15) is 18.8 Å². The van der Waals surface area contributed by atoms with Crippen LogP contribution in [-0.2, 0) is 17.8 Å². The minimum Gasteiger partial charge on any atom is -0.493 e. The van der Waals surface area contributed by atoms with Crippen LogP contribution in [0.1, 0.15) is 74.6 Å². The second-order valence-corrected chi connectivity index (χ2v) is 11.8. The van der Waals surface area contributed by atoms with Crippen molar-refractivity contribution >= 4 is 17.6 Å². The van der Waals surface area contributed by atoms with Gasteiger partial charge in [0.1, 0.15) is 17.3 Å². The SMILES string of the molecule is COc1ccc2cc1OCCCNC(=O)c1cc(ccc1F)Oc1ccc3c(c1)CCN(C(=O)CCn1nc(C)c(C(C)=O)c1C)C23. The van der Waals surface area contributed by atoms with E-state index >= 15 is 0 Å². The maximum atomic E-state index is 14.6. The van der Waals surface area contributed by atoms with Crippen LogP contribution in [0.15, 0.2) is 54.6 Å². The average Bonchev–Trinajstić information content (AvgIpc) is 3.35. The molecule has 1 N–H and O–H groups in total. The number of rotatable bonds is 5. The Balaban J connectivity index is 1.37. The van der Waals surface area contributed by atoms with E-state index < -0.39 is 17.8 Å². The third-order valence-electron chi connectivity index (χ3n) is 8.72. The lowest BCUT2D eigenvalue weighted by Gasteiger charge is -2.38. The van der Waals surface area contributed by atoms with Gasteiger partial charge in [0.25, 0.3) is 5.91 Å². The summed E-state index contributed by atoms with van der Waals surface area (Å²) >= 11 is 0. The maximum Gasteiger partial charge on any atom is 0.254 e. The number of halogens is 1. The molecule has 47 heavy (non-hydrogen) atoms. The molecule has 2 amide bonds. The Labute approximate surface area is 272 Å². The number of carbonyl (C=O) groups excluding carboxylic acids is 3. The van der Waals surface area contributed by atoms with E-state index in [0.29, 0.717) is 60.2 Å². The van der Waals surface area contributed by atoms with Crippen LogP contribution < -0.4 is 19.5 Å². The van der Waals surface area contributed by atoms with E-state index in [-0.39, 0.29) is 36.8 Å². The summed E-state index contributed by atoms with van der Waals surface area (Å²) in [6, 6.07) is 15.0. The van der Waals surface area contributed by atoms with Gasteiger partial charge in [-0.3, -0.25) is 19.1 Å². The first-order valence-corrected chi connectivity index (χ1v) is 15.7. The number of amides is 2. The third-order valence-corrected chi connectivity index (χ3v) is 8.72. The highest BCUT2D eigenvalue weighted by Gasteiger charge is 2.33. The number of ether oxygens (including phenoxy) is 3. The van der Waals surface area contributed by atoms with E-state index in [1.165, 1.54) is 25.1 Å². The van der Waals surface area contributed by atoms with Gasteiger partial charge in [0, 0.05) is 31.7 Å². The number of carbonyl (C=O) groups is 3. The summed E-state index contributed by atoms with van der Waals surface area (Å²) in [4.78, 5) is 40.8. The number of nitrogens with zero attached hydrogens (tertiary/aromatic N) is 3. The molecular formula is C36H37FN4O6. The fourth-order valence-electron chi connectivity index (χ4n) is 6.47. The monoisotopic (exact) mass is 640 g/mol. The van der Waals surface area contributed by atoms with Crippen molar-refractivity contribution in [2.24, 2.45) is 0 Å². The molecule has 0 saturated carbocycles. The highest BCUT2D eigenvalue weighted by molar-refractivity contribution is 5.96. The van der Waals surface area contributed by atoms with Gasteiger partial charge in [0.2, 0.25) is 5.91 Å². The van der Waals surface area contributed by atoms with Crippen molar-refractivity contribution in [3.63, 3.8) is 0 Å². The standard InChI is InChI=1S/C36H37FN4O6/c1-21-34(23(3)42)22(2)41(39-21)16-13-33(43)40-15-12-24-18-26-7-9-28(24)35(40)25-6-11-31(45-4)32(19-25)46-17-5-14-38-36(44)29-20-27(47-26)8-10-30(29)37/h6-11,18-20,35H,5,12-17H2,1-4H3,(H,38,44). The van der Waals surface area contributed by atoms with Crippen LogP contribution in [0.25, 0.3) is 0 Å². The lowest BCUT2D eigenvalue weighted by atomic mass is 9.87. The molecule has 8 bridgehead atoms. The van der Waals surface area contributed by atoms with Crippen LogP contribution >= 0.6 is 0 Å². The molecule has 3 aliphatic heterocycles. The Morgan fingerprint density at radius 3 is 2.64 bits per heavy atom. The zero-order valence-electron chi connectivity index (χ0n) is 26.9. The van der Waals surface area contributed by atoms with Crippen LogP contribution in [0.2, 0.25) is 0 Å². The van der Waals surface area contributed by atoms with Crippen molar-refractivity contribution in [3.8, 4) is 23.0 Å². The molecule has 10 nitrogen and oxygen atoms in total. The largest absolute Gasteiger partial charge is 0.493 e. The van der Waals surface area contributed by atoms with Crippen LogP contribution in [0.4, 0.5) is 4.39 Å². The molecule has 4 aromatic rings. The van der Waals surface area contributed by atoms with Gasteiger partial charge < -0.3 is 24.4 Å². The highest BCUT2D eigenvalue weighted by atomic mass is 19.1. The molecule has 0 saturated heterocycles. The number of hydrogen-bond acceptors (Lipinski definition) is 7. The highest BCUT2D eigenvalue weighted by Crippen LogP contribution is 2.41. The Hall–Kier alpha value is -5.19. The Kier molecular flexibility index (Phi) is 8.97. The summed E-state index contributed by atoms with van der Waals surface area (Å²) in [6.45, 7) is 6.51. The average molecular weight is 641 g/mol. The Morgan fingerprint density at radius 1 is 1.09 bits per heavy atom. The Morgan fingerprint density at radius 2 is 1.87 bits per heavy atom. The molecule has 3 aromatic carbocycles. The van der Waals surface area contributed by atoms with Crippen LogP contribution in [-0.4, -0.2) is 59.1 Å². The molecule has 1 unspecified atom stereocenters. The lowest BCUT2D eigenvalue weighted by molar-refractivity contribution is -0.133. The van der Waals surface area contributed by atoms with Gasteiger partial charge >= 0.3 is 0 Å². The number of nitrogens with one attached hydrogen (secondary N) is 1. The second-order valence-electron chi connectivity index (χ2n) is 11.8. The number of aromatic nitrogens is 2. The van der Waals surface area contributed by atoms with Crippen molar-refractivity contribution in [2.75, 3.05) is 26.8 Å². The van der Waals surface area contributed by atoms with Crippen LogP contribution in [0.3, 0.4) is 0 Å². The van der Waals surface area contributed by atoms with Gasteiger partial charge in [-0.05, 0) is 92.8 Å². The van der Waals surface area contributed by atoms with Crippen molar-refractivity contribution in [2.45, 2.75) is 52.6 Å². The van der Waals surface area contributed by atoms with Crippen molar-refractivity contribution in [1.82, 2.24) is 20.0 Å². The number of aryl methyl sites for hydroxylation is 2. The molecular weight excluding hydrogens is 603 g/mol. The number of Topliss-reactive ketones (excluding diaryl/α,β-unsaturated/α-hetero) is 1. The van der Waals surface area contributed by atoms with Crippen molar-refractivity contribution in [1.29, 1.82) is 0 Å². The summed E-state index contributed by atoms with van der Waals surface area (Å²) in [7, 11) is 1.56. The summed E-state index contributed by atoms with van der Waals surface area (Å²) < 4.78 is 34.1. The van der Waals surface area contributed by atoms with Gasteiger partial charge in [0.05, 0.1) is 36.6 Å². The Bertz CT molecular complexity index is 1870. The van der Waals surface area contributed by atoms with Crippen molar-refractivity contribution in [3.05, 3.63) is 99.6 Å². The molecule has 3 aliphatic rings. The fraction of sp³-hybridized carbons (Fsp3) is 0.333. The van der Waals surface area contributed by atoms with E-state index in [1.807, 2.05) is 48.2 Å². The summed E-state index contributed by atoms with van der Waals surface area (Å²) in [5.74, 6) is 0.638. The summed E-state index contributed by atoms with van der Waals surface area (Å²) in [5.41, 5.74) is 4.69. The van der Waals surface area contributed by atoms with Gasteiger partial charge in [-0.2, -0.15) is 5.10 Å². The molecule has 1 aromatic heterocycles. The zero-order valence-corrected chi connectivity index (χ0v) is 26.9. The van der Waals surface area contributed by atoms with E-state index in [2.05, 4.69) is 10.4 Å². The number of benzene rings is 3. The summed E-state index contributed by atoms with van der Waals surface area (Å²) in [6.07, 6.45) is 1.25. The smallest absolute Gasteiger partial charge is 0.254 e. The van der Waals surface area contributed by atoms with Gasteiger partial charge in [-0.1, -0.05) is 12.1 Å². The fourth-order valence-corrected chi connectivity index (χ4v) is 6.47. The first-order valence-electron chi connectivity index (χ1n) is 15.7. The van der Waals surface area contributed by atoms with Crippen molar-refractivity contribution < 1.29 is 33.0 Å². The molecule has 0 fully saturated rings. The molecule has 0 radical (unpaired) electrons. The topological polar surface area (TPSA) is 112 Å². The molecule has 4 heterocycles. The maximum absolute atomic E-state index is 14.6. The number of methoxy groups -OCH3 is 1. The van der Waals surface area contributed by atoms with Gasteiger partial charge in [0.15, 0.2) is 17.3 Å². The zero-order chi connectivity index (χ0) is 33.2. The van der Waals surface area contributed by atoms with Crippen LogP contribution in [0, 0.1) is 19.7 Å². The number of fused-ring (bicyclic) bond motifs is 6. The minimum absolute atomic E-state index is 0.0482. The third kappa shape index (κ3) is 6.43. The second kappa shape index (κ2) is 13.3. The molecule has 11 heteroatoms. The number of ketones is 1. The molecule has 1 atom stereocenters. The molecule has 0 spiro atoms. The predicted molar refractivity (Wildman–Crippen MR) is 172 cm³/mol. The molecule has 244 valence electrons. The number of hydrogen-bond donors (Lipinski definition) is 1. The summed E-state index contributed by atoms with van der Waals surface area (Å²) in [5, 5.41) is 7.27. The van der Waals surface area contributed by atoms with Gasteiger partial charge in [-0.25, -0.2) is 4.39 Å². The normalized spacial score (nSPS) is 16.0.